The molecule has 1 aromatic rings. The van der Waals surface area contributed by atoms with Gasteiger partial charge in [0.25, 0.3) is 0 Å². The Balaban J connectivity index is 2.02. The van der Waals surface area contributed by atoms with Crippen LogP contribution in [0.3, 0.4) is 0 Å². The molecule has 1 aliphatic rings. The minimum atomic E-state index is -0.520. The van der Waals surface area contributed by atoms with Crippen molar-refractivity contribution in [3.8, 4) is 0 Å². The summed E-state index contributed by atoms with van der Waals surface area (Å²) in [6, 6.07) is 5.15. The molecular weight excluding hydrogens is 380 g/mol. The molecule has 0 aliphatic heterocycles. The summed E-state index contributed by atoms with van der Waals surface area (Å²) in [5, 5.41) is 6.94. The predicted molar refractivity (Wildman–Crippen MR) is 111 cm³/mol. The van der Waals surface area contributed by atoms with E-state index in [0.29, 0.717) is 22.2 Å². The Bertz CT molecular complexity index is 742. The van der Waals surface area contributed by atoms with Gasteiger partial charge in [0.1, 0.15) is 5.60 Å². The first kappa shape index (κ1) is 22.3. The van der Waals surface area contributed by atoms with Gasteiger partial charge in [0.2, 0.25) is 0 Å². The highest BCUT2D eigenvalue weighted by Crippen LogP contribution is 2.48. The van der Waals surface area contributed by atoms with E-state index < -0.39 is 17.7 Å². The van der Waals surface area contributed by atoms with E-state index in [9.17, 15) is 9.59 Å². The number of halogens is 1. The maximum Gasteiger partial charge on any atom is 0.407 e. The molecule has 0 bridgehead atoms. The van der Waals surface area contributed by atoms with Crippen LogP contribution in [0.15, 0.2) is 18.2 Å². The quantitative estimate of drug-likeness (QED) is 0.677. The highest BCUT2D eigenvalue weighted by Gasteiger charge is 2.51. The molecule has 0 heterocycles. The van der Waals surface area contributed by atoms with Crippen molar-refractivity contribution in [2.45, 2.75) is 65.6 Å². The molecule has 1 unspecified atom stereocenters. The first-order chi connectivity index (χ1) is 12.8. The Morgan fingerprint density at radius 3 is 2.46 bits per heavy atom. The Hall–Kier alpha value is -1.95. The second-order valence-electron chi connectivity index (χ2n) is 8.98. The van der Waals surface area contributed by atoms with Crippen molar-refractivity contribution < 1.29 is 19.1 Å². The molecule has 0 saturated heterocycles. The van der Waals surface area contributed by atoms with E-state index in [1.165, 1.54) is 7.11 Å². The lowest BCUT2D eigenvalue weighted by Crippen LogP contribution is -2.62. The lowest BCUT2D eigenvalue weighted by Gasteiger charge is -2.54. The van der Waals surface area contributed by atoms with Crippen LogP contribution in [0.25, 0.3) is 0 Å². The SMILES string of the molecule is COC(=O)c1ccc(Cl)c(NC(C)[C@H]2C[C@@H](NC(=O)OC(C)(C)C)C2(C)C)c1. The number of carbonyl (C=O) groups excluding carboxylic acids is 2. The number of benzene rings is 1. The Kier molecular flexibility index (Phi) is 6.54. The van der Waals surface area contributed by atoms with Crippen LogP contribution >= 0.6 is 11.6 Å². The standard InChI is InChI=1S/C21H31ClN2O4/c1-12(23-16-10-13(18(25)27-7)8-9-15(16)22)14-11-17(21(14,5)6)24-19(26)28-20(2,3)4/h8-10,12,14,17,23H,11H2,1-7H3,(H,24,26)/t12?,14-,17-/m1/s1. The van der Waals surface area contributed by atoms with Gasteiger partial charge in [0.15, 0.2) is 0 Å². The number of methoxy groups -OCH3 is 1. The monoisotopic (exact) mass is 410 g/mol. The average Bonchev–Trinajstić information content (AvgIpc) is 2.57. The summed E-state index contributed by atoms with van der Waals surface area (Å²) < 4.78 is 10.1. The number of amides is 1. The predicted octanol–water partition coefficient (Wildman–Crippen LogP) is 4.87. The van der Waals surface area contributed by atoms with Crippen molar-refractivity contribution in [3.63, 3.8) is 0 Å². The fourth-order valence-corrected chi connectivity index (χ4v) is 3.90. The fourth-order valence-electron chi connectivity index (χ4n) is 3.73. The van der Waals surface area contributed by atoms with Crippen molar-refractivity contribution in [2.75, 3.05) is 12.4 Å². The number of alkyl carbamates (subject to hydrolysis) is 1. The van der Waals surface area contributed by atoms with Crippen molar-refractivity contribution in [3.05, 3.63) is 28.8 Å². The summed E-state index contributed by atoms with van der Waals surface area (Å²) in [5.41, 5.74) is 0.499. The third-order valence-corrected chi connectivity index (χ3v) is 5.74. The van der Waals surface area contributed by atoms with Gasteiger partial charge in [-0.3, -0.25) is 0 Å². The van der Waals surface area contributed by atoms with Gasteiger partial charge < -0.3 is 20.1 Å². The zero-order valence-electron chi connectivity index (χ0n) is 17.7. The third kappa shape index (κ3) is 5.10. The smallest absolute Gasteiger partial charge is 0.407 e. The van der Waals surface area contributed by atoms with E-state index in [4.69, 9.17) is 21.1 Å². The molecular formula is C21H31ClN2O4. The molecule has 6 nitrogen and oxygen atoms in total. The molecule has 0 radical (unpaired) electrons. The van der Waals surface area contributed by atoms with E-state index in [1.807, 2.05) is 20.8 Å². The lowest BCUT2D eigenvalue weighted by atomic mass is 9.56. The summed E-state index contributed by atoms with van der Waals surface area (Å²) in [6.07, 6.45) is 0.438. The first-order valence-corrected chi connectivity index (χ1v) is 9.87. The van der Waals surface area contributed by atoms with Gasteiger partial charge >= 0.3 is 12.1 Å². The highest BCUT2D eigenvalue weighted by atomic mass is 35.5. The number of nitrogens with one attached hydrogen (secondary N) is 2. The molecule has 1 aromatic carbocycles. The maximum atomic E-state index is 12.1. The molecule has 1 aliphatic carbocycles. The van der Waals surface area contributed by atoms with E-state index in [1.54, 1.807) is 18.2 Å². The van der Waals surface area contributed by atoms with Gasteiger partial charge in [-0.15, -0.1) is 0 Å². The molecule has 3 atom stereocenters. The largest absolute Gasteiger partial charge is 0.465 e. The van der Waals surface area contributed by atoms with Crippen LogP contribution < -0.4 is 10.6 Å². The number of carbonyl (C=O) groups is 2. The Morgan fingerprint density at radius 2 is 1.93 bits per heavy atom. The normalized spacial score (nSPS) is 21.9. The Morgan fingerprint density at radius 1 is 1.29 bits per heavy atom. The maximum absolute atomic E-state index is 12.1. The molecule has 2 N–H and O–H groups in total. The topological polar surface area (TPSA) is 76.7 Å². The van der Waals surface area contributed by atoms with Gasteiger partial charge in [-0.1, -0.05) is 25.4 Å². The van der Waals surface area contributed by atoms with Crippen LogP contribution in [-0.4, -0.2) is 36.9 Å². The molecule has 2 rings (SSSR count). The van der Waals surface area contributed by atoms with Crippen LogP contribution in [0, 0.1) is 11.3 Å². The van der Waals surface area contributed by atoms with Crippen LogP contribution in [0.1, 0.15) is 58.3 Å². The van der Waals surface area contributed by atoms with Crippen LogP contribution in [0.5, 0.6) is 0 Å². The second kappa shape index (κ2) is 8.19. The molecule has 156 valence electrons. The number of hydrogen-bond acceptors (Lipinski definition) is 5. The highest BCUT2D eigenvalue weighted by molar-refractivity contribution is 6.33. The van der Waals surface area contributed by atoms with Gasteiger partial charge in [0.05, 0.1) is 23.4 Å². The average molecular weight is 411 g/mol. The first-order valence-electron chi connectivity index (χ1n) is 9.49. The van der Waals surface area contributed by atoms with E-state index in [2.05, 4.69) is 31.4 Å². The van der Waals surface area contributed by atoms with E-state index >= 15 is 0 Å². The molecule has 7 heteroatoms. The van der Waals surface area contributed by atoms with Crippen LogP contribution in [0.2, 0.25) is 5.02 Å². The molecule has 1 saturated carbocycles. The molecule has 28 heavy (non-hydrogen) atoms. The Labute approximate surface area is 172 Å². The summed E-state index contributed by atoms with van der Waals surface area (Å²) in [5.74, 6) is -0.0942. The summed E-state index contributed by atoms with van der Waals surface area (Å²) >= 11 is 6.30. The summed E-state index contributed by atoms with van der Waals surface area (Å²) in [6.45, 7) is 11.9. The zero-order chi connectivity index (χ0) is 21.3. The summed E-state index contributed by atoms with van der Waals surface area (Å²) in [4.78, 5) is 23.8. The number of rotatable bonds is 5. The lowest BCUT2D eigenvalue weighted by molar-refractivity contribution is -0.00858. The van der Waals surface area contributed by atoms with Crippen molar-refractivity contribution >= 4 is 29.4 Å². The molecule has 0 aromatic heterocycles. The number of hydrogen-bond donors (Lipinski definition) is 2. The number of anilines is 1. The molecule has 1 amide bonds. The third-order valence-electron chi connectivity index (χ3n) is 5.41. The van der Waals surface area contributed by atoms with Gasteiger partial charge in [-0.2, -0.15) is 0 Å². The van der Waals surface area contributed by atoms with E-state index in [-0.39, 0.29) is 17.5 Å². The van der Waals surface area contributed by atoms with Crippen molar-refractivity contribution in [1.29, 1.82) is 0 Å². The van der Waals surface area contributed by atoms with E-state index in [0.717, 1.165) is 6.42 Å². The fraction of sp³-hybridized carbons (Fsp3) is 0.619. The molecule has 0 spiro atoms. The van der Waals surface area contributed by atoms with Crippen molar-refractivity contribution in [1.82, 2.24) is 5.32 Å². The number of ether oxygens (including phenoxy) is 2. The van der Waals surface area contributed by atoms with Gasteiger partial charge in [-0.25, -0.2) is 9.59 Å². The van der Waals surface area contributed by atoms with Gasteiger partial charge in [0, 0.05) is 12.1 Å². The van der Waals surface area contributed by atoms with Crippen LogP contribution in [0.4, 0.5) is 10.5 Å². The van der Waals surface area contributed by atoms with Crippen molar-refractivity contribution in [2.24, 2.45) is 11.3 Å². The zero-order valence-corrected chi connectivity index (χ0v) is 18.4. The van der Waals surface area contributed by atoms with Gasteiger partial charge in [-0.05, 0) is 63.6 Å². The number of esters is 1. The molecule has 1 fully saturated rings. The van der Waals surface area contributed by atoms with Crippen LogP contribution in [-0.2, 0) is 9.47 Å². The second-order valence-corrected chi connectivity index (χ2v) is 9.39. The summed E-state index contributed by atoms with van der Waals surface area (Å²) in [7, 11) is 1.35. The minimum Gasteiger partial charge on any atom is -0.465 e. The minimum absolute atomic E-state index is 0.0356.